The van der Waals surface area contributed by atoms with Crippen molar-refractivity contribution in [2.45, 2.75) is 20.3 Å². The fraction of sp³-hybridized carbons (Fsp3) is 0.429. The van der Waals surface area contributed by atoms with Crippen LogP contribution in [0.3, 0.4) is 0 Å². The summed E-state index contributed by atoms with van der Waals surface area (Å²) in [5, 5.41) is 6.70. The number of hydroxylamine groups is 1. The van der Waals surface area contributed by atoms with E-state index < -0.39 is 11.9 Å². The Morgan fingerprint density at radius 2 is 2.33 bits per heavy atom. The normalized spacial score (nSPS) is 10.7. The molecular formula is C7H13N3O2. The molecule has 0 aliphatic heterocycles. The van der Waals surface area contributed by atoms with Crippen LogP contribution in [0.2, 0.25) is 0 Å². The van der Waals surface area contributed by atoms with Crippen molar-refractivity contribution in [1.29, 1.82) is 5.41 Å². The minimum absolute atomic E-state index is 0.396. The van der Waals surface area contributed by atoms with Gasteiger partial charge in [0.25, 0.3) is 0 Å². The van der Waals surface area contributed by atoms with Gasteiger partial charge in [-0.3, -0.25) is 5.41 Å². The zero-order valence-corrected chi connectivity index (χ0v) is 7.18. The van der Waals surface area contributed by atoms with Gasteiger partial charge in [0.2, 0.25) is 5.96 Å². The molecule has 0 fully saturated rings. The molecular weight excluding hydrogens is 158 g/mol. The maximum atomic E-state index is 10.9. The van der Waals surface area contributed by atoms with E-state index in [4.69, 9.17) is 11.1 Å². The van der Waals surface area contributed by atoms with Crippen molar-refractivity contribution in [1.82, 2.24) is 5.48 Å². The Labute approximate surface area is 71.0 Å². The summed E-state index contributed by atoms with van der Waals surface area (Å²) in [6.07, 6.45) is 2.49. The molecule has 0 aromatic heterocycles. The van der Waals surface area contributed by atoms with E-state index in [-0.39, 0.29) is 0 Å². The number of nitrogens with two attached hydrogens (primary N) is 1. The molecule has 0 aromatic carbocycles. The first-order valence-electron chi connectivity index (χ1n) is 3.56. The highest BCUT2D eigenvalue weighted by Gasteiger charge is 2.04. The predicted molar refractivity (Wildman–Crippen MR) is 45.2 cm³/mol. The Kier molecular flexibility index (Phi) is 4.52. The third kappa shape index (κ3) is 4.32. The predicted octanol–water partition coefficient (Wildman–Crippen LogP) is 0.284. The second-order valence-electron chi connectivity index (χ2n) is 2.20. The lowest BCUT2D eigenvalue weighted by atomic mass is 10.2. The highest BCUT2D eigenvalue weighted by molar-refractivity contribution is 5.88. The maximum absolute atomic E-state index is 10.9. The molecule has 4 N–H and O–H groups in total. The van der Waals surface area contributed by atoms with E-state index in [1.165, 1.54) is 0 Å². The lowest BCUT2D eigenvalue weighted by Crippen LogP contribution is -2.32. The summed E-state index contributed by atoms with van der Waals surface area (Å²) in [5.74, 6) is -0.917. The van der Waals surface area contributed by atoms with Crippen LogP contribution in [0.4, 0.5) is 0 Å². The molecule has 0 bridgehead atoms. The van der Waals surface area contributed by atoms with Gasteiger partial charge < -0.3 is 10.6 Å². The van der Waals surface area contributed by atoms with E-state index in [0.717, 1.165) is 6.42 Å². The highest BCUT2D eigenvalue weighted by atomic mass is 16.7. The highest BCUT2D eigenvalue weighted by Crippen LogP contribution is 1.96. The minimum Gasteiger partial charge on any atom is -0.368 e. The second kappa shape index (κ2) is 5.17. The van der Waals surface area contributed by atoms with Crippen molar-refractivity contribution in [3.05, 3.63) is 11.6 Å². The molecule has 0 heterocycles. The SMILES string of the molecule is CCC=C(C)C(=O)ONC(=N)N. The number of hydrogen-bond acceptors (Lipinski definition) is 3. The fourth-order valence-electron chi connectivity index (χ4n) is 0.571. The largest absolute Gasteiger partial charge is 0.368 e. The van der Waals surface area contributed by atoms with Crippen molar-refractivity contribution in [3.63, 3.8) is 0 Å². The van der Waals surface area contributed by atoms with Gasteiger partial charge in [-0.05, 0) is 13.3 Å². The van der Waals surface area contributed by atoms with Gasteiger partial charge in [0.1, 0.15) is 0 Å². The summed E-state index contributed by atoms with van der Waals surface area (Å²) in [7, 11) is 0. The molecule has 0 aliphatic carbocycles. The quantitative estimate of drug-likeness (QED) is 0.241. The third-order valence-electron chi connectivity index (χ3n) is 1.09. The summed E-state index contributed by atoms with van der Waals surface area (Å²) in [6.45, 7) is 3.54. The number of allylic oxidation sites excluding steroid dienone is 1. The Morgan fingerprint density at radius 3 is 2.75 bits per heavy atom. The van der Waals surface area contributed by atoms with Gasteiger partial charge in [-0.2, -0.15) is 5.48 Å². The maximum Gasteiger partial charge on any atom is 0.358 e. The molecule has 5 heteroatoms. The number of hydrogen-bond donors (Lipinski definition) is 3. The van der Waals surface area contributed by atoms with E-state index in [1.807, 2.05) is 12.4 Å². The first-order chi connectivity index (χ1) is 5.57. The molecule has 0 aromatic rings. The van der Waals surface area contributed by atoms with Gasteiger partial charge in [-0.25, -0.2) is 4.79 Å². The van der Waals surface area contributed by atoms with E-state index >= 15 is 0 Å². The van der Waals surface area contributed by atoms with Crippen LogP contribution in [0.5, 0.6) is 0 Å². The molecule has 0 unspecified atom stereocenters. The van der Waals surface area contributed by atoms with Gasteiger partial charge >= 0.3 is 5.97 Å². The van der Waals surface area contributed by atoms with Crippen LogP contribution in [0.25, 0.3) is 0 Å². The summed E-state index contributed by atoms with van der Waals surface area (Å²) in [4.78, 5) is 15.3. The second-order valence-corrected chi connectivity index (χ2v) is 2.20. The number of carbonyl (C=O) groups excluding carboxylic acids is 1. The van der Waals surface area contributed by atoms with E-state index in [1.54, 1.807) is 13.0 Å². The van der Waals surface area contributed by atoms with E-state index in [9.17, 15) is 4.79 Å². The van der Waals surface area contributed by atoms with Gasteiger partial charge in [-0.1, -0.05) is 13.0 Å². The lowest BCUT2D eigenvalue weighted by molar-refractivity contribution is -0.143. The Bertz CT molecular complexity index is 211. The van der Waals surface area contributed by atoms with Crippen LogP contribution >= 0.6 is 0 Å². The average Bonchev–Trinajstić information content (AvgIpc) is 2.00. The molecule has 5 nitrogen and oxygen atoms in total. The first kappa shape index (κ1) is 10.5. The van der Waals surface area contributed by atoms with Crippen LogP contribution < -0.4 is 11.2 Å². The fourth-order valence-corrected chi connectivity index (χ4v) is 0.571. The Morgan fingerprint density at radius 1 is 1.75 bits per heavy atom. The van der Waals surface area contributed by atoms with Crippen molar-refractivity contribution in [2.75, 3.05) is 0 Å². The lowest BCUT2D eigenvalue weighted by Gasteiger charge is -2.03. The molecule has 0 spiro atoms. The monoisotopic (exact) mass is 171 g/mol. The molecule has 0 atom stereocenters. The first-order valence-corrected chi connectivity index (χ1v) is 3.56. The van der Waals surface area contributed by atoms with Crippen LogP contribution in [0.15, 0.2) is 11.6 Å². The van der Waals surface area contributed by atoms with Crippen LogP contribution in [-0.2, 0) is 9.63 Å². The molecule has 0 rings (SSSR count). The van der Waals surface area contributed by atoms with Crippen molar-refractivity contribution in [3.8, 4) is 0 Å². The van der Waals surface area contributed by atoms with Crippen molar-refractivity contribution >= 4 is 11.9 Å². The average molecular weight is 171 g/mol. The molecule has 68 valence electrons. The van der Waals surface area contributed by atoms with Gasteiger partial charge in [0.05, 0.1) is 0 Å². The number of carbonyl (C=O) groups is 1. The number of guanidine groups is 1. The van der Waals surface area contributed by atoms with Gasteiger partial charge in [-0.15, -0.1) is 0 Å². The van der Waals surface area contributed by atoms with Gasteiger partial charge in [0.15, 0.2) is 0 Å². The summed E-state index contributed by atoms with van der Waals surface area (Å²) in [6, 6.07) is 0. The minimum atomic E-state index is -0.521. The third-order valence-corrected chi connectivity index (χ3v) is 1.09. The van der Waals surface area contributed by atoms with Crippen LogP contribution in [-0.4, -0.2) is 11.9 Å². The molecule has 0 saturated carbocycles. The van der Waals surface area contributed by atoms with Crippen molar-refractivity contribution in [2.24, 2.45) is 5.73 Å². The molecule has 12 heavy (non-hydrogen) atoms. The summed E-state index contributed by atoms with van der Waals surface area (Å²) < 4.78 is 0. The molecule has 0 amide bonds. The molecule has 0 saturated heterocycles. The smallest absolute Gasteiger partial charge is 0.358 e. The zero-order chi connectivity index (χ0) is 9.56. The molecule has 0 aliphatic rings. The number of rotatable bonds is 2. The zero-order valence-electron chi connectivity index (χ0n) is 7.18. The van der Waals surface area contributed by atoms with Crippen LogP contribution in [0.1, 0.15) is 20.3 Å². The standard InChI is InChI=1S/C7H13N3O2/c1-3-4-5(2)6(11)12-10-7(8)9/h4H,3H2,1-2H3,(H4,8,9,10). The van der Waals surface area contributed by atoms with E-state index in [0.29, 0.717) is 5.57 Å². The summed E-state index contributed by atoms with van der Waals surface area (Å²) in [5.41, 5.74) is 7.34. The summed E-state index contributed by atoms with van der Waals surface area (Å²) >= 11 is 0. The van der Waals surface area contributed by atoms with E-state index in [2.05, 4.69) is 4.84 Å². The van der Waals surface area contributed by atoms with Crippen molar-refractivity contribution < 1.29 is 9.63 Å². The van der Waals surface area contributed by atoms with Gasteiger partial charge in [0, 0.05) is 5.57 Å². The Hall–Kier alpha value is -1.52. The number of nitrogens with one attached hydrogen (secondary N) is 2. The van der Waals surface area contributed by atoms with Crippen LogP contribution in [0, 0.1) is 5.41 Å². The Balaban J connectivity index is 3.88. The topological polar surface area (TPSA) is 88.2 Å². The molecule has 0 radical (unpaired) electrons.